The topological polar surface area (TPSA) is 122 Å². The maximum atomic E-state index is 12.5. The zero-order valence-corrected chi connectivity index (χ0v) is 19.4. The van der Waals surface area contributed by atoms with Gasteiger partial charge in [-0.1, -0.05) is 43.3 Å². The second kappa shape index (κ2) is 9.22. The van der Waals surface area contributed by atoms with Gasteiger partial charge in [-0.2, -0.15) is 10.1 Å². The van der Waals surface area contributed by atoms with Gasteiger partial charge in [0.2, 0.25) is 0 Å². The SMILES string of the molecule is CC(C)c1noc(C(=O)NC(C)c2ccc(-c3ccnc4[nH]nc(N5CCOCC5)c34)cc2)n1. The van der Waals surface area contributed by atoms with Gasteiger partial charge in [0.05, 0.1) is 24.6 Å². The molecule has 34 heavy (non-hydrogen) atoms. The van der Waals surface area contributed by atoms with Gasteiger partial charge >= 0.3 is 11.8 Å². The zero-order valence-electron chi connectivity index (χ0n) is 19.4. The first-order chi connectivity index (χ1) is 16.5. The number of fused-ring (bicyclic) bond motifs is 1. The van der Waals surface area contributed by atoms with Gasteiger partial charge in [-0.05, 0) is 29.7 Å². The van der Waals surface area contributed by atoms with Crippen molar-refractivity contribution in [2.45, 2.75) is 32.7 Å². The van der Waals surface area contributed by atoms with Crippen molar-refractivity contribution >= 4 is 22.8 Å². The van der Waals surface area contributed by atoms with Crippen LogP contribution in [-0.2, 0) is 4.74 Å². The monoisotopic (exact) mass is 461 g/mol. The van der Waals surface area contributed by atoms with Crippen LogP contribution in [0.15, 0.2) is 41.1 Å². The molecule has 5 rings (SSSR count). The lowest BCUT2D eigenvalue weighted by molar-refractivity contribution is 0.0895. The number of hydrogen-bond acceptors (Lipinski definition) is 8. The molecule has 10 heteroatoms. The third-order valence-corrected chi connectivity index (χ3v) is 5.97. The molecule has 0 aliphatic carbocycles. The van der Waals surface area contributed by atoms with E-state index in [1.807, 2.05) is 51.1 Å². The molecule has 4 heterocycles. The fraction of sp³-hybridized carbons (Fsp3) is 0.375. The van der Waals surface area contributed by atoms with E-state index < -0.39 is 0 Å². The number of pyridine rings is 1. The summed E-state index contributed by atoms with van der Waals surface area (Å²) in [6, 6.07) is 9.89. The van der Waals surface area contributed by atoms with Crippen molar-refractivity contribution in [2.24, 2.45) is 0 Å². The molecule has 4 aromatic rings. The molecule has 1 fully saturated rings. The molecule has 10 nitrogen and oxygen atoms in total. The molecule has 1 aromatic carbocycles. The van der Waals surface area contributed by atoms with Crippen LogP contribution in [0.5, 0.6) is 0 Å². The van der Waals surface area contributed by atoms with E-state index in [0.717, 1.165) is 46.6 Å². The fourth-order valence-corrected chi connectivity index (χ4v) is 4.03. The van der Waals surface area contributed by atoms with E-state index in [1.165, 1.54) is 0 Å². The van der Waals surface area contributed by atoms with E-state index in [2.05, 4.69) is 35.5 Å². The van der Waals surface area contributed by atoms with E-state index in [0.29, 0.717) is 19.0 Å². The average molecular weight is 462 g/mol. The van der Waals surface area contributed by atoms with Crippen LogP contribution >= 0.6 is 0 Å². The van der Waals surface area contributed by atoms with Crippen LogP contribution in [0.4, 0.5) is 5.82 Å². The van der Waals surface area contributed by atoms with E-state index >= 15 is 0 Å². The van der Waals surface area contributed by atoms with Crippen molar-refractivity contribution in [2.75, 3.05) is 31.2 Å². The number of benzene rings is 1. The highest BCUT2D eigenvalue weighted by Gasteiger charge is 2.21. The molecule has 1 aliphatic heterocycles. The third-order valence-electron chi connectivity index (χ3n) is 5.97. The summed E-state index contributed by atoms with van der Waals surface area (Å²) < 4.78 is 10.6. The Bertz CT molecular complexity index is 1290. The normalized spacial score (nSPS) is 15.1. The quantitative estimate of drug-likeness (QED) is 0.448. The van der Waals surface area contributed by atoms with Gasteiger partial charge in [0, 0.05) is 25.2 Å². The predicted molar refractivity (Wildman–Crippen MR) is 127 cm³/mol. The van der Waals surface area contributed by atoms with Gasteiger partial charge in [-0.15, -0.1) is 0 Å². The second-order valence-electron chi connectivity index (χ2n) is 8.66. The number of morpholine rings is 1. The Kier molecular flexibility index (Phi) is 5.97. The number of rotatable bonds is 6. The second-order valence-corrected chi connectivity index (χ2v) is 8.66. The minimum absolute atomic E-state index is 0.0260. The van der Waals surface area contributed by atoms with Gasteiger partial charge in [0.1, 0.15) is 0 Å². The maximum Gasteiger partial charge on any atom is 0.315 e. The molecular formula is C24H27N7O3. The van der Waals surface area contributed by atoms with E-state index in [-0.39, 0.29) is 23.8 Å². The van der Waals surface area contributed by atoms with Crippen LogP contribution in [0.1, 0.15) is 54.8 Å². The highest BCUT2D eigenvalue weighted by atomic mass is 16.5. The molecule has 1 atom stereocenters. The summed E-state index contributed by atoms with van der Waals surface area (Å²) in [5.41, 5.74) is 3.82. The van der Waals surface area contributed by atoms with Crippen molar-refractivity contribution in [3.05, 3.63) is 53.8 Å². The number of nitrogens with one attached hydrogen (secondary N) is 2. The van der Waals surface area contributed by atoms with Crippen molar-refractivity contribution in [1.82, 2.24) is 30.6 Å². The number of hydrogen-bond donors (Lipinski definition) is 2. The lowest BCUT2D eigenvalue weighted by atomic mass is 9.99. The van der Waals surface area contributed by atoms with Gasteiger partial charge in [-0.25, -0.2) is 4.98 Å². The number of aromatic nitrogens is 5. The molecular weight excluding hydrogens is 434 g/mol. The van der Waals surface area contributed by atoms with E-state index in [1.54, 1.807) is 6.20 Å². The first-order valence-corrected chi connectivity index (χ1v) is 11.4. The summed E-state index contributed by atoms with van der Waals surface area (Å²) in [7, 11) is 0. The number of carbonyl (C=O) groups excluding carboxylic acids is 1. The number of nitrogens with zero attached hydrogens (tertiary/aromatic N) is 5. The number of carbonyl (C=O) groups is 1. The number of amides is 1. The zero-order chi connectivity index (χ0) is 23.7. The van der Waals surface area contributed by atoms with Gasteiger partial charge in [0.15, 0.2) is 17.3 Å². The summed E-state index contributed by atoms with van der Waals surface area (Å²) in [4.78, 5) is 23.4. The van der Waals surface area contributed by atoms with Gasteiger partial charge in [0.25, 0.3) is 0 Å². The van der Waals surface area contributed by atoms with E-state index in [9.17, 15) is 4.79 Å². The third kappa shape index (κ3) is 4.24. The van der Waals surface area contributed by atoms with Crippen molar-refractivity contribution in [3.8, 4) is 11.1 Å². The van der Waals surface area contributed by atoms with E-state index in [4.69, 9.17) is 9.26 Å². The lowest BCUT2D eigenvalue weighted by Gasteiger charge is -2.27. The van der Waals surface area contributed by atoms with Gasteiger partial charge < -0.3 is 19.5 Å². The molecule has 0 spiro atoms. The van der Waals surface area contributed by atoms with Crippen LogP contribution in [0.25, 0.3) is 22.2 Å². The van der Waals surface area contributed by atoms with Crippen LogP contribution < -0.4 is 10.2 Å². The molecule has 176 valence electrons. The minimum atomic E-state index is -0.389. The molecule has 2 N–H and O–H groups in total. The lowest BCUT2D eigenvalue weighted by Crippen LogP contribution is -2.36. The Morgan fingerprint density at radius 2 is 1.88 bits per heavy atom. The maximum absolute atomic E-state index is 12.5. The molecule has 0 bridgehead atoms. The molecule has 1 saturated heterocycles. The van der Waals surface area contributed by atoms with Crippen LogP contribution in [0, 0.1) is 0 Å². The van der Waals surface area contributed by atoms with Gasteiger partial charge in [-0.3, -0.25) is 9.89 Å². The average Bonchev–Trinajstić information content (AvgIpc) is 3.53. The molecule has 1 aliphatic rings. The number of H-pyrrole nitrogens is 1. The van der Waals surface area contributed by atoms with Crippen LogP contribution in [-0.4, -0.2) is 57.5 Å². The minimum Gasteiger partial charge on any atom is -0.378 e. The Morgan fingerprint density at radius 1 is 1.12 bits per heavy atom. The first kappa shape index (κ1) is 22.0. The first-order valence-electron chi connectivity index (χ1n) is 11.4. The summed E-state index contributed by atoms with van der Waals surface area (Å²) in [5, 5.41) is 15.4. The molecule has 0 radical (unpaired) electrons. The Labute approximate surface area is 196 Å². The smallest absolute Gasteiger partial charge is 0.315 e. The van der Waals surface area contributed by atoms with Crippen LogP contribution in [0.2, 0.25) is 0 Å². The highest BCUT2D eigenvalue weighted by molar-refractivity contribution is 6.00. The number of anilines is 1. The molecule has 1 amide bonds. The van der Waals surface area contributed by atoms with Crippen molar-refractivity contribution in [3.63, 3.8) is 0 Å². The Balaban J connectivity index is 1.36. The summed E-state index contributed by atoms with van der Waals surface area (Å²) in [5.74, 6) is 1.09. The molecule has 1 unspecified atom stereocenters. The largest absolute Gasteiger partial charge is 0.378 e. The Hall–Kier alpha value is -3.79. The summed E-state index contributed by atoms with van der Waals surface area (Å²) >= 11 is 0. The molecule has 0 saturated carbocycles. The number of ether oxygens (including phenoxy) is 1. The summed E-state index contributed by atoms with van der Waals surface area (Å²) in [6.07, 6.45) is 1.78. The predicted octanol–water partition coefficient (Wildman–Crippen LogP) is 3.46. The van der Waals surface area contributed by atoms with Crippen molar-refractivity contribution < 1.29 is 14.1 Å². The standard InChI is InChI=1S/C24H27N7O3/c1-14(2)20-27-24(34-30-20)23(32)26-15(3)16-4-6-17(7-5-16)18-8-9-25-21-19(18)22(29-28-21)31-10-12-33-13-11-31/h4-9,14-15H,10-13H2,1-3H3,(H,26,32)(H,25,28,29). The fourth-order valence-electron chi connectivity index (χ4n) is 4.03. The van der Waals surface area contributed by atoms with Crippen molar-refractivity contribution in [1.29, 1.82) is 0 Å². The number of aromatic amines is 1. The van der Waals surface area contributed by atoms with Crippen LogP contribution in [0.3, 0.4) is 0 Å². The molecule has 3 aromatic heterocycles. The Morgan fingerprint density at radius 3 is 2.59 bits per heavy atom. The summed E-state index contributed by atoms with van der Waals surface area (Å²) in [6.45, 7) is 8.77. The highest BCUT2D eigenvalue weighted by Crippen LogP contribution is 2.34.